The first-order chi connectivity index (χ1) is 8.66. The molecule has 2 rings (SSSR count). The lowest BCUT2D eigenvalue weighted by Gasteiger charge is -2.14. The Hall–Kier alpha value is -1.80. The standard InChI is InChI=1S/C16H18O2/c1-12-6-5-8-14(10-12)15(17)11-18-16-9-4-3-7-13(16)2/h3-10,15,17H,11H2,1-2H3. The fourth-order valence-corrected chi connectivity index (χ4v) is 1.86. The van der Waals surface area contributed by atoms with Crippen LogP contribution in [-0.2, 0) is 0 Å². The van der Waals surface area contributed by atoms with Gasteiger partial charge in [0.2, 0.25) is 0 Å². The molecule has 0 spiro atoms. The van der Waals surface area contributed by atoms with Crippen LogP contribution in [-0.4, -0.2) is 11.7 Å². The van der Waals surface area contributed by atoms with Gasteiger partial charge in [-0.3, -0.25) is 0 Å². The van der Waals surface area contributed by atoms with Gasteiger partial charge >= 0.3 is 0 Å². The van der Waals surface area contributed by atoms with E-state index in [1.807, 2.05) is 62.4 Å². The Bertz CT molecular complexity index is 520. The first-order valence-electron chi connectivity index (χ1n) is 6.10. The Morgan fingerprint density at radius 2 is 1.83 bits per heavy atom. The molecule has 1 N–H and O–H groups in total. The van der Waals surface area contributed by atoms with Crippen molar-refractivity contribution in [2.24, 2.45) is 0 Å². The molecule has 2 aromatic rings. The van der Waals surface area contributed by atoms with E-state index in [9.17, 15) is 5.11 Å². The molecule has 0 aliphatic rings. The van der Waals surface area contributed by atoms with Gasteiger partial charge in [-0.05, 0) is 31.0 Å². The molecule has 1 unspecified atom stereocenters. The summed E-state index contributed by atoms with van der Waals surface area (Å²) in [6.45, 7) is 4.28. The second kappa shape index (κ2) is 5.69. The van der Waals surface area contributed by atoms with Crippen molar-refractivity contribution >= 4 is 0 Å². The van der Waals surface area contributed by atoms with Gasteiger partial charge in [0.25, 0.3) is 0 Å². The lowest BCUT2D eigenvalue weighted by Crippen LogP contribution is -2.10. The minimum atomic E-state index is -0.593. The summed E-state index contributed by atoms with van der Waals surface area (Å²) in [6, 6.07) is 15.7. The van der Waals surface area contributed by atoms with Crippen LogP contribution in [0.1, 0.15) is 22.8 Å². The van der Waals surface area contributed by atoms with E-state index in [2.05, 4.69) is 0 Å². The molecule has 18 heavy (non-hydrogen) atoms. The number of aryl methyl sites for hydroxylation is 2. The lowest BCUT2D eigenvalue weighted by atomic mass is 10.1. The number of para-hydroxylation sites is 1. The maximum Gasteiger partial charge on any atom is 0.122 e. The van der Waals surface area contributed by atoms with Crippen LogP contribution in [0.2, 0.25) is 0 Å². The summed E-state index contributed by atoms with van der Waals surface area (Å²) in [7, 11) is 0. The average Bonchev–Trinajstić information content (AvgIpc) is 2.37. The molecular formula is C16H18O2. The van der Waals surface area contributed by atoms with Crippen LogP contribution in [0.25, 0.3) is 0 Å². The molecule has 0 aliphatic carbocycles. The number of aliphatic hydroxyl groups is 1. The van der Waals surface area contributed by atoms with E-state index in [1.165, 1.54) is 0 Å². The maximum atomic E-state index is 10.1. The minimum absolute atomic E-state index is 0.272. The monoisotopic (exact) mass is 242 g/mol. The second-order valence-corrected chi connectivity index (χ2v) is 4.51. The van der Waals surface area contributed by atoms with E-state index in [0.29, 0.717) is 0 Å². The van der Waals surface area contributed by atoms with Crippen molar-refractivity contribution in [2.75, 3.05) is 6.61 Å². The van der Waals surface area contributed by atoms with Gasteiger partial charge < -0.3 is 9.84 Å². The van der Waals surface area contributed by atoms with E-state index in [4.69, 9.17) is 4.74 Å². The predicted molar refractivity (Wildman–Crippen MR) is 72.8 cm³/mol. The summed E-state index contributed by atoms with van der Waals surface area (Å²) in [5, 5.41) is 10.1. The zero-order valence-corrected chi connectivity index (χ0v) is 10.8. The number of benzene rings is 2. The molecule has 2 nitrogen and oxygen atoms in total. The first kappa shape index (κ1) is 12.7. The Kier molecular flexibility index (Phi) is 4.00. The Balaban J connectivity index is 2.00. The van der Waals surface area contributed by atoms with Gasteiger partial charge in [0.05, 0.1) is 0 Å². The second-order valence-electron chi connectivity index (χ2n) is 4.51. The van der Waals surface area contributed by atoms with Crippen LogP contribution in [0.15, 0.2) is 48.5 Å². The summed E-state index contributed by atoms with van der Waals surface area (Å²) >= 11 is 0. The number of hydrogen-bond acceptors (Lipinski definition) is 2. The Labute approximate surface area is 108 Å². The van der Waals surface area contributed by atoms with Gasteiger partial charge in [0.15, 0.2) is 0 Å². The highest BCUT2D eigenvalue weighted by Crippen LogP contribution is 2.20. The van der Waals surface area contributed by atoms with Crippen molar-refractivity contribution in [3.63, 3.8) is 0 Å². The van der Waals surface area contributed by atoms with E-state index in [-0.39, 0.29) is 6.61 Å². The molecule has 2 heteroatoms. The zero-order valence-electron chi connectivity index (χ0n) is 10.8. The fourth-order valence-electron chi connectivity index (χ4n) is 1.86. The van der Waals surface area contributed by atoms with Crippen LogP contribution in [0.3, 0.4) is 0 Å². The third-order valence-corrected chi connectivity index (χ3v) is 2.92. The predicted octanol–water partition coefficient (Wildman–Crippen LogP) is 3.42. The van der Waals surface area contributed by atoms with Gasteiger partial charge in [-0.25, -0.2) is 0 Å². The van der Waals surface area contributed by atoms with Gasteiger partial charge in [0.1, 0.15) is 18.5 Å². The first-order valence-corrected chi connectivity index (χ1v) is 6.10. The molecule has 0 bridgehead atoms. The van der Waals surface area contributed by atoms with E-state index in [1.54, 1.807) is 0 Å². The van der Waals surface area contributed by atoms with Crippen LogP contribution in [0.4, 0.5) is 0 Å². The maximum absolute atomic E-state index is 10.1. The SMILES string of the molecule is Cc1cccc(C(O)COc2ccccc2C)c1. The minimum Gasteiger partial charge on any atom is -0.490 e. The van der Waals surface area contributed by atoms with Crippen LogP contribution in [0, 0.1) is 13.8 Å². The molecule has 0 amide bonds. The molecule has 0 saturated carbocycles. The number of aliphatic hydroxyl groups excluding tert-OH is 1. The van der Waals surface area contributed by atoms with Gasteiger partial charge in [-0.1, -0.05) is 48.0 Å². The summed E-state index contributed by atoms with van der Waals surface area (Å²) in [5.41, 5.74) is 3.11. The molecule has 0 aromatic heterocycles. The van der Waals surface area contributed by atoms with Gasteiger partial charge in [-0.2, -0.15) is 0 Å². The summed E-state index contributed by atoms with van der Waals surface area (Å²) < 4.78 is 5.64. The topological polar surface area (TPSA) is 29.5 Å². The summed E-state index contributed by atoms with van der Waals surface area (Å²) in [5.74, 6) is 0.823. The average molecular weight is 242 g/mol. The van der Waals surface area contributed by atoms with Crippen molar-refractivity contribution in [1.29, 1.82) is 0 Å². The van der Waals surface area contributed by atoms with Crippen LogP contribution in [0.5, 0.6) is 5.75 Å². The quantitative estimate of drug-likeness (QED) is 0.890. The molecule has 0 saturated heterocycles. The van der Waals surface area contributed by atoms with E-state index >= 15 is 0 Å². The van der Waals surface area contributed by atoms with Crippen molar-refractivity contribution in [1.82, 2.24) is 0 Å². The molecule has 0 radical (unpaired) electrons. The third-order valence-electron chi connectivity index (χ3n) is 2.92. The summed E-state index contributed by atoms with van der Waals surface area (Å²) in [6.07, 6.45) is -0.593. The van der Waals surface area contributed by atoms with Crippen molar-refractivity contribution in [3.8, 4) is 5.75 Å². The van der Waals surface area contributed by atoms with Crippen LogP contribution < -0.4 is 4.74 Å². The largest absolute Gasteiger partial charge is 0.490 e. The Morgan fingerprint density at radius 1 is 1.06 bits per heavy atom. The van der Waals surface area contributed by atoms with Crippen molar-refractivity contribution < 1.29 is 9.84 Å². The highest BCUT2D eigenvalue weighted by molar-refractivity contribution is 5.32. The molecule has 94 valence electrons. The van der Waals surface area contributed by atoms with Gasteiger partial charge in [-0.15, -0.1) is 0 Å². The zero-order chi connectivity index (χ0) is 13.0. The molecular weight excluding hydrogens is 224 g/mol. The smallest absolute Gasteiger partial charge is 0.122 e. The van der Waals surface area contributed by atoms with Crippen LogP contribution >= 0.6 is 0 Å². The van der Waals surface area contributed by atoms with E-state index < -0.39 is 6.10 Å². The highest BCUT2D eigenvalue weighted by Gasteiger charge is 2.09. The number of ether oxygens (including phenoxy) is 1. The highest BCUT2D eigenvalue weighted by atomic mass is 16.5. The molecule has 0 heterocycles. The number of rotatable bonds is 4. The van der Waals surface area contributed by atoms with E-state index in [0.717, 1.165) is 22.4 Å². The van der Waals surface area contributed by atoms with Crippen molar-refractivity contribution in [2.45, 2.75) is 20.0 Å². The third kappa shape index (κ3) is 3.11. The fraction of sp³-hybridized carbons (Fsp3) is 0.250. The molecule has 0 aliphatic heterocycles. The molecule has 2 aromatic carbocycles. The molecule has 1 atom stereocenters. The lowest BCUT2D eigenvalue weighted by molar-refractivity contribution is 0.108. The van der Waals surface area contributed by atoms with Crippen molar-refractivity contribution in [3.05, 3.63) is 65.2 Å². The van der Waals surface area contributed by atoms with Gasteiger partial charge in [0, 0.05) is 0 Å². The Morgan fingerprint density at radius 3 is 2.56 bits per heavy atom. The number of hydrogen-bond donors (Lipinski definition) is 1. The normalized spacial score (nSPS) is 12.2. The summed E-state index contributed by atoms with van der Waals surface area (Å²) in [4.78, 5) is 0. The molecule has 0 fully saturated rings.